The first-order valence-electron chi connectivity index (χ1n) is 21.4. The monoisotopic (exact) mass is 759 g/mol. The van der Waals surface area contributed by atoms with Crippen molar-refractivity contribution in [2.24, 2.45) is 0 Å². The molecule has 58 heavy (non-hydrogen) atoms. The van der Waals surface area contributed by atoms with Gasteiger partial charge in [0.25, 0.3) is 0 Å². The van der Waals surface area contributed by atoms with Crippen molar-refractivity contribution >= 4 is 61.8 Å². The van der Waals surface area contributed by atoms with Gasteiger partial charge in [0, 0.05) is 43.8 Å². The number of nitrogens with one attached hydrogen (secondary N) is 1. The molecule has 2 nitrogen and oxygen atoms in total. The van der Waals surface area contributed by atoms with Gasteiger partial charge in [-0.05, 0) is 152 Å². The average Bonchev–Trinajstić information content (AvgIpc) is 3.66. The molecule has 9 rings (SSSR count). The van der Waals surface area contributed by atoms with Gasteiger partial charge < -0.3 is 9.55 Å². The minimum Gasteiger partial charge on any atom is -0.354 e. The minimum atomic E-state index is -0.0577. The molecule has 0 amide bonds. The number of aromatic amines is 1. The highest BCUT2D eigenvalue weighted by Crippen LogP contribution is 2.45. The third-order valence-corrected chi connectivity index (χ3v) is 13.2. The number of aryl methyl sites for hydroxylation is 2. The van der Waals surface area contributed by atoms with Gasteiger partial charge in [-0.2, -0.15) is 0 Å². The first-order chi connectivity index (χ1) is 27.0. The first-order valence-corrected chi connectivity index (χ1v) is 21.4. The van der Waals surface area contributed by atoms with E-state index in [0.29, 0.717) is 0 Å². The molecule has 0 saturated heterocycles. The highest BCUT2D eigenvalue weighted by Gasteiger charge is 2.32. The van der Waals surface area contributed by atoms with E-state index < -0.39 is 0 Å². The zero-order chi connectivity index (χ0) is 41.6. The van der Waals surface area contributed by atoms with Gasteiger partial charge in [-0.3, -0.25) is 0 Å². The quantitative estimate of drug-likeness (QED) is 0.170. The van der Waals surface area contributed by atoms with Crippen LogP contribution in [-0.4, -0.2) is 16.8 Å². The maximum absolute atomic E-state index is 4.01. The summed E-state index contributed by atoms with van der Waals surface area (Å²) >= 11 is 0. The Hall–Kier alpha value is -5.02. The SMILES string of the molecule is Cc1cccc(C)c1-c1cc2c(c(-c3cc(C(C)(C)C)cc4c3[nH]c3ccc(C(C)(C)C)cc34)c1C)[B]c1cc(C(C)(C)C)cc3c4cc(C(C)(C)C)ccc4n-2c13. The Kier molecular flexibility index (Phi) is 8.30. The molecule has 0 bridgehead atoms. The Morgan fingerprint density at radius 2 is 1.05 bits per heavy atom. The topological polar surface area (TPSA) is 20.7 Å². The number of hydrogen-bond acceptors (Lipinski definition) is 0. The summed E-state index contributed by atoms with van der Waals surface area (Å²) in [7, 11) is 2.53. The molecule has 1 aliphatic heterocycles. The highest BCUT2D eigenvalue weighted by atomic mass is 15.0. The van der Waals surface area contributed by atoms with Gasteiger partial charge in [0.05, 0.1) is 11.0 Å². The zero-order valence-electron chi connectivity index (χ0n) is 37.6. The van der Waals surface area contributed by atoms with Crippen LogP contribution in [0.3, 0.4) is 0 Å². The second-order valence-electron chi connectivity index (χ2n) is 21.6. The molecule has 0 fully saturated rings. The van der Waals surface area contributed by atoms with Gasteiger partial charge in [-0.1, -0.05) is 125 Å². The number of nitrogens with zero attached hydrogens (tertiary/aromatic N) is 1. The van der Waals surface area contributed by atoms with Gasteiger partial charge in [0.2, 0.25) is 0 Å². The fraction of sp³-hybridized carbons (Fsp3) is 0.345. The third-order valence-electron chi connectivity index (χ3n) is 13.2. The van der Waals surface area contributed by atoms with Crippen LogP contribution < -0.4 is 10.9 Å². The number of fused-ring (bicyclic) bond motifs is 8. The lowest BCUT2D eigenvalue weighted by atomic mass is 9.57. The minimum absolute atomic E-state index is 0.0106. The number of rotatable bonds is 2. The Labute approximate surface area is 347 Å². The smallest absolute Gasteiger partial charge is 0.197 e. The van der Waals surface area contributed by atoms with Crippen molar-refractivity contribution in [1.29, 1.82) is 0 Å². The lowest BCUT2D eigenvalue weighted by Gasteiger charge is -2.29. The molecule has 0 saturated carbocycles. The van der Waals surface area contributed by atoms with Crippen LogP contribution in [0.1, 0.15) is 122 Å². The van der Waals surface area contributed by atoms with Crippen molar-refractivity contribution in [2.45, 2.75) is 126 Å². The maximum atomic E-state index is 4.01. The van der Waals surface area contributed by atoms with E-state index in [-0.39, 0.29) is 21.7 Å². The number of aromatic nitrogens is 2. The molecule has 3 heteroatoms. The molecule has 0 atom stereocenters. The molecule has 0 spiro atoms. The fourth-order valence-corrected chi connectivity index (χ4v) is 9.66. The van der Waals surface area contributed by atoms with Crippen LogP contribution >= 0.6 is 0 Å². The summed E-state index contributed by atoms with van der Waals surface area (Å²) in [6.45, 7) is 34.9. The predicted molar refractivity (Wildman–Crippen MR) is 255 cm³/mol. The van der Waals surface area contributed by atoms with E-state index >= 15 is 0 Å². The largest absolute Gasteiger partial charge is 0.354 e. The molecular weight excluding hydrogens is 699 g/mol. The maximum Gasteiger partial charge on any atom is 0.197 e. The summed E-state index contributed by atoms with van der Waals surface area (Å²) < 4.78 is 2.61. The lowest BCUT2D eigenvalue weighted by Crippen LogP contribution is -2.38. The summed E-state index contributed by atoms with van der Waals surface area (Å²) in [5.41, 5.74) is 23.3. The fourth-order valence-electron chi connectivity index (χ4n) is 9.66. The number of H-pyrrole nitrogens is 1. The number of benzene rings is 6. The van der Waals surface area contributed by atoms with Crippen LogP contribution in [0, 0.1) is 20.8 Å². The summed E-state index contributed by atoms with van der Waals surface area (Å²) in [5.74, 6) is 0. The van der Waals surface area contributed by atoms with Crippen LogP contribution in [0.5, 0.6) is 0 Å². The second-order valence-corrected chi connectivity index (χ2v) is 21.6. The molecule has 293 valence electrons. The normalized spacial score (nSPS) is 13.6. The Bertz CT molecular complexity index is 3000. The molecule has 1 N–H and O–H groups in total. The van der Waals surface area contributed by atoms with Gasteiger partial charge in [0.1, 0.15) is 0 Å². The second kappa shape index (κ2) is 12.5. The van der Waals surface area contributed by atoms with Crippen LogP contribution in [0.2, 0.25) is 0 Å². The molecule has 1 radical (unpaired) electrons. The van der Waals surface area contributed by atoms with Gasteiger partial charge in [-0.25, -0.2) is 0 Å². The summed E-state index contributed by atoms with van der Waals surface area (Å²) in [4.78, 5) is 4.01. The van der Waals surface area contributed by atoms with Gasteiger partial charge in [-0.15, -0.1) is 0 Å². The Morgan fingerprint density at radius 3 is 1.67 bits per heavy atom. The van der Waals surface area contributed by atoms with E-state index in [4.69, 9.17) is 0 Å². The molecule has 0 aliphatic carbocycles. The predicted octanol–water partition coefficient (Wildman–Crippen LogP) is 13.8. The van der Waals surface area contributed by atoms with E-state index in [2.05, 4.69) is 206 Å². The molecule has 1 aliphatic rings. The Morgan fingerprint density at radius 1 is 0.500 bits per heavy atom. The third kappa shape index (κ3) is 5.90. The molecular formula is C55H60BN2. The Balaban J connectivity index is 1.48. The zero-order valence-corrected chi connectivity index (χ0v) is 37.6. The van der Waals surface area contributed by atoms with Crippen LogP contribution in [-0.2, 0) is 21.7 Å². The molecule has 2 aromatic heterocycles. The van der Waals surface area contributed by atoms with Crippen molar-refractivity contribution in [3.05, 3.63) is 124 Å². The van der Waals surface area contributed by atoms with E-state index in [1.807, 2.05) is 0 Å². The summed E-state index contributed by atoms with van der Waals surface area (Å²) in [6, 6.07) is 33.5. The van der Waals surface area contributed by atoms with Crippen LogP contribution in [0.15, 0.2) is 84.9 Å². The van der Waals surface area contributed by atoms with E-state index in [9.17, 15) is 0 Å². The van der Waals surface area contributed by atoms with Crippen molar-refractivity contribution in [2.75, 3.05) is 0 Å². The average molecular weight is 760 g/mol. The van der Waals surface area contributed by atoms with Crippen LogP contribution in [0.25, 0.3) is 71.6 Å². The van der Waals surface area contributed by atoms with Gasteiger partial charge in [0.15, 0.2) is 7.28 Å². The summed E-state index contributed by atoms with van der Waals surface area (Å²) in [5, 5.41) is 5.26. The molecule has 6 aromatic carbocycles. The molecule has 8 aromatic rings. The number of hydrogen-bond donors (Lipinski definition) is 1. The standard InChI is InChI=1S/C55H60BN2/c1-30-17-16-18-31(2)47(30)37-29-46-49(56-43-28-36(55(13,14)15)26-41-39-24-34(53(7,8)9)20-22-45(39)58(46)51(41)43)48(32(37)3)42-27-35(54(10,11)12)25-40-38-23-33(52(4,5)6)19-21-44(38)57-50(40)42/h16-29,57H,1-15H3. The van der Waals surface area contributed by atoms with Crippen molar-refractivity contribution < 1.29 is 0 Å². The van der Waals surface area contributed by atoms with Crippen molar-refractivity contribution in [1.82, 2.24) is 9.55 Å². The van der Waals surface area contributed by atoms with E-state index in [0.717, 1.165) is 0 Å². The lowest BCUT2D eigenvalue weighted by molar-refractivity contribution is 0.590. The van der Waals surface area contributed by atoms with Gasteiger partial charge >= 0.3 is 0 Å². The first kappa shape index (κ1) is 38.5. The van der Waals surface area contributed by atoms with Crippen molar-refractivity contribution in [3.8, 4) is 27.9 Å². The molecule has 0 unspecified atom stereocenters. The van der Waals surface area contributed by atoms with E-state index in [1.165, 1.54) is 121 Å². The highest BCUT2D eigenvalue weighted by molar-refractivity contribution is 6.73. The van der Waals surface area contributed by atoms with Crippen molar-refractivity contribution in [3.63, 3.8) is 0 Å². The van der Waals surface area contributed by atoms with Crippen LogP contribution in [0.4, 0.5) is 0 Å². The summed E-state index contributed by atoms with van der Waals surface area (Å²) in [6.07, 6.45) is 0. The molecule has 3 heterocycles. The van der Waals surface area contributed by atoms with E-state index in [1.54, 1.807) is 0 Å².